The zero-order valence-corrected chi connectivity index (χ0v) is 14.0. The van der Waals surface area contributed by atoms with Gasteiger partial charge in [-0.05, 0) is 37.5 Å². The summed E-state index contributed by atoms with van der Waals surface area (Å²) in [7, 11) is 0. The number of benzene rings is 1. The molecule has 124 valence electrons. The van der Waals surface area contributed by atoms with E-state index in [-0.39, 0.29) is 18.4 Å². The molecule has 1 aromatic rings. The van der Waals surface area contributed by atoms with Crippen molar-refractivity contribution in [2.75, 3.05) is 37.6 Å². The maximum atomic E-state index is 12.5. The van der Waals surface area contributed by atoms with Crippen molar-refractivity contribution < 1.29 is 9.59 Å². The highest BCUT2D eigenvalue weighted by Gasteiger charge is 2.33. The molecule has 2 amide bonds. The summed E-state index contributed by atoms with van der Waals surface area (Å²) >= 11 is 0. The van der Waals surface area contributed by atoms with Gasteiger partial charge < -0.3 is 14.7 Å². The van der Waals surface area contributed by atoms with E-state index in [1.165, 1.54) is 11.3 Å². The molecule has 5 heteroatoms. The Bertz CT molecular complexity index is 590. The number of amides is 2. The minimum Gasteiger partial charge on any atom is -0.368 e. The highest BCUT2D eigenvalue weighted by atomic mass is 16.2. The molecule has 1 heterocycles. The average molecular weight is 315 g/mol. The van der Waals surface area contributed by atoms with Crippen molar-refractivity contribution in [1.29, 1.82) is 0 Å². The van der Waals surface area contributed by atoms with Crippen LogP contribution in [0.1, 0.15) is 25.3 Å². The molecule has 1 saturated heterocycles. The average Bonchev–Trinajstić information content (AvgIpc) is 3.37. The second-order valence-electron chi connectivity index (χ2n) is 6.58. The summed E-state index contributed by atoms with van der Waals surface area (Å²) in [4.78, 5) is 30.1. The predicted octanol–water partition coefficient (Wildman–Crippen LogP) is 1.65. The van der Waals surface area contributed by atoms with E-state index in [0.717, 1.165) is 39.0 Å². The molecule has 0 radical (unpaired) electrons. The molecule has 5 nitrogen and oxygen atoms in total. The van der Waals surface area contributed by atoms with E-state index in [2.05, 4.69) is 36.1 Å². The molecule has 3 rings (SSSR count). The minimum atomic E-state index is 0.0132. The molecule has 0 spiro atoms. The van der Waals surface area contributed by atoms with Crippen molar-refractivity contribution in [3.63, 3.8) is 0 Å². The van der Waals surface area contributed by atoms with Crippen LogP contribution in [0.15, 0.2) is 24.3 Å². The number of rotatable bonds is 4. The number of carbonyl (C=O) groups excluding carboxylic acids is 2. The van der Waals surface area contributed by atoms with Crippen LogP contribution in [0.4, 0.5) is 5.69 Å². The number of hydrogen-bond donors (Lipinski definition) is 0. The van der Waals surface area contributed by atoms with Crippen molar-refractivity contribution in [3.8, 4) is 0 Å². The largest absolute Gasteiger partial charge is 0.368 e. The van der Waals surface area contributed by atoms with Crippen LogP contribution >= 0.6 is 0 Å². The van der Waals surface area contributed by atoms with E-state index < -0.39 is 0 Å². The number of anilines is 1. The summed E-state index contributed by atoms with van der Waals surface area (Å²) in [5.41, 5.74) is 2.47. The van der Waals surface area contributed by atoms with Gasteiger partial charge in [0.15, 0.2) is 0 Å². The smallest absolute Gasteiger partial charge is 0.242 e. The lowest BCUT2D eigenvalue weighted by Gasteiger charge is -2.37. The van der Waals surface area contributed by atoms with Gasteiger partial charge in [-0.15, -0.1) is 0 Å². The number of hydrogen-bond acceptors (Lipinski definition) is 3. The monoisotopic (exact) mass is 315 g/mol. The summed E-state index contributed by atoms with van der Waals surface area (Å²) in [5.74, 6) is 0.0928. The Morgan fingerprint density at radius 2 is 1.87 bits per heavy atom. The van der Waals surface area contributed by atoms with Crippen molar-refractivity contribution in [2.24, 2.45) is 0 Å². The van der Waals surface area contributed by atoms with E-state index >= 15 is 0 Å². The second-order valence-corrected chi connectivity index (χ2v) is 6.58. The van der Waals surface area contributed by atoms with Gasteiger partial charge >= 0.3 is 0 Å². The Balaban J connectivity index is 1.54. The van der Waals surface area contributed by atoms with Crippen LogP contribution in [0.2, 0.25) is 0 Å². The fourth-order valence-corrected chi connectivity index (χ4v) is 3.17. The maximum Gasteiger partial charge on any atom is 0.242 e. The second kappa shape index (κ2) is 6.60. The molecule has 0 atom stereocenters. The number of piperazine rings is 1. The summed E-state index contributed by atoms with van der Waals surface area (Å²) in [6.45, 7) is 7.03. The maximum absolute atomic E-state index is 12.5. The fraction of sp³-hybridized carbons (Fsp3) is 0.556. The number of nitrogens with zero attached hydrogens (tertiary/aromatic N) is 3. The zero-order valence-electron chi connectivity index (χ0n) is 14.0. The lowest BCUT2D eigenvalue weighted by Crippen LogP contribution is -2.52. The molecule has 1 saturated carbocycles. The van der Waals surface area contributed by atoms with Gasteiger partial charge in [0.1, 0.15) is 0 Å². The minimum absolute atomic E-state index is 0.0132. The SMILES string of the molecule is CC(=O)N(CC(=O)N1CCN(c2cccc(C)c2)CC1)C1CC1. The van der Waals surface area contributed by atoms with Crippen molar-refractivity contribution in [2.45, 2.75) is 32.7 Å². The lowest BCUT2D eigenvalue weighted by molar-refractivity contribution is -0.140. The molecule has 0 N–H and O–H groups in total. The molecule has 1 aromatic carbocycles. The van der Waals surface area contributed by atoms with Crippen molar-refractivity contribution in [1.82, 2.24) is 9.80 Å². The Morgan fingerprint density at radius 3 is 2.43 bits per heavy atom. The van der Waals surface area contributed by atoms with Gasteiger partial charge in [-0.25, -0.2) is 0 Å². The Hall–Kier alpha value is -2.04. The van der Waals surface area contributed by atoms with Crippen molar-refractivity contribution in [3.05, 3.63) is 29.8 Å². The van der Waals surface area contributed by atoms with Crippen LogP contribution in [0.5, 0.6) is 0 Å². The molecular formula is C18H25N3O2. The van der Waals surface area contributed by atoms with E-state index in [1.54, 1.807) is 11.8 Å². The summed E-state index contributed by atoms with van der Waals surface area (Å²) in [5, 5.41) is 0. The van der Waals surface area contributed by atoms with E-state index in [9.17, 15) is 9.59 Å². The van der Waals surface area contributed by atoms with Gasteiger partial charge in [0, 0.05) is 44.8 Å². The summed E-state index contributed by atoms with van der Waals surface area (Å²) in [6.07, 6.45) is 2.07. The number of aryl methyl sites for hydroxylation is 1. The van der Waals surface area contributed by atoms with Gasteiger partial charge in [-0.2, -0.15) is 0 Å². The molecule has 0 unspecified atom stereocenters. The predicted molar refractivity (Wildman–Crippen MR) is 90.4 cm³/mol. The van der Waals surface area contributed by atoms with Crippen LogP contribution in [-0.4, -0.2) is 60.4 Å². The van der Waals surface area contributed by atoms with E-state index in [1.807, 2.05) is 4.90 Å². The topological polar surface area (TPSA) is 43.9 Å². The quantitative estimate of drug-likeness (QED) is 0.849. The van der Waals surface area contributed by atoms with E-state index in [0.29, 0.717) is 6.04 Å². The lowest BCUT2D eigenvalue weighted by atomic mass is 10.2. The molecule has 2 fully saturated rings. The fourth-order valence-electron chi connectivity index (χ4n) is 3.17. The highest BCUT2D eigenvalue weighted by molar-refractivity contribution is 5.84. The molecule has 0 bridgehead atoms. The molecule has 0 aromatic heterocycles. The molecule has 1 aliphatic carbocycles. The van der Waals surface area contributed by atoms with Crippen LogP contribution in [-0.2, 0) is 9.59 Å². The number of carbonyl (C=O) groups is 2. The Labute approximate surface area is 137 Å². The van der Waals surface area contributed by atoms with Gasteiger partial charge in [0.05, 0.1) is 6.54 Å². The Kier molecular flexibility index (Phi) is 4.55. The normalized spacial score (nSPS) is 18.0. The van der Waals surface area contributed by atoms with Crippen molar-refractivity contribution >= 4 is 17.5 Å². The highest BCUT2D eigenvalue weighted by Crippen LogP contribution is 2.27. The molecule has 23 heavy (non-hydrogen) atoms. The van der Waals surface area contributed by atoms with Gasteiger partial charge in [0.25, 0.3) is 0 Å². The summed E-state index contributed by atoms with van der Waals surface area (Å²) < 4.78 is 0. The third kappa shape index (κ3) is 3.84. The molecular weight excluding hydrogens is 290 g/mol. The van der Waals surface area contributed by atoms with Gasteiger partial charge in [0.2, 0.25) is 11.8 Å². The van der Waals surface area contributed by atoms with Crippen LogP contribution in [0.3, 0.4) is 0 Å². The van der Waals surface area contributed by atoms with Crippen LogP contribution in [0, 0.1) is 6.92 Å². The van der Waals surface area contributed by atoms with Crippen LogP contribution in [0.25, 0.3) is 0 Å². The first-order chi connectivity index (χ1) is 11.0. The first kappa shape index (κ1) is 15.8. The first-order valence-electron chi connectivity index (χ1n) is 8.41. The standard InChI is InChI=1S/C18H25N3O2/c1-14-4-3-5-17(12-14)19-8-10-20(11-9-19)18(23)13-21(15(2)22)16-6-7-16/h3-5,12,16H,6-11,13H2,1-2H3. The Morgan fingerprint density at radius 1 is 1.17 bits per heavy atom. The van der Waals surface area contributed by atoms with Gasteiger partial charge in [-0.3, -0.25) is 9.59 Å². The van der Waals surface area contributed by atoms with Gasteiger partial charge in [-0.1, -0.05) is 12.1 Å². The third-order valence-electron chi connectivity index (χ3n) is 4.70. The van der Waals surface area contributed by atoms with Crippen LogP contribution < -0.4 is 4.90 Å². The first-order valence-corrected chi connectivity index (χ1v) is 8.41. The summed E-state index contributed by atoms with van der Waals surface area (Å²) in [6, 6.07) is 8.77. The third-order valence-corrected chi connectivity index (χ3v) is 4.70. The molecule has 2 aliphatic rings. The zero-order chi connectivity index (χ0) is 16.4. The molecule has 1 aliphatic heterocycles. The van der Waals surface area contributed by atoms with E-state index in [4.69, 9.17) is 0 Å².